The molecule has 1 atom stereocenters. The Morgan fingerprint density at radius 2 is 1.72 bits per heavy atom. The van der Waals surface area contributed by atoms with Crippen LogP contribution < -0.4 is 0 Å². The van der Waals surface area contributed by atoms with Crippen LogP contribution in [0.5, 0.6) is 0 Å². The van der Waals surface area contributed by atoms with Crippen LogP contribution in [0.1, 0.15) is 84.0 Å². The molecule has 2 aliphatic carbocycles. The Kier molecular flexibility index (Phi) is 6.49. The molecule has 2 aliphatic rings. The number of ether oxygens (including phenoxy) is 1. The van der Waals surface area contributed by atoms with Gasteiger partial charge in [0.1, 0.15) is 5.69 Å². The fourth-order valence-electron chi connectivity index (χ4n) is 4.73. The van der Waals surface area contributed by atoms with Crippen LogP contribution >= 0.6 is 0 Å². The van der Waals surface area contributed by atoms with Crippen molar-refractivity contribution in [2.24, 2.45) is 18.9 Å². The smallest absolute Gasteiger partial charge is 0.354 e. The average Bonchev–Trinajstić information content (AvgIpc) is 3.53. The number of hydrogen-bond acceptors (Lipinski definition) is 4. The monoisotopic (exact) mass is 402 g/mol. The van der Waals surface area contributed by atoms with Crippen molar-refractivity contribution in [3.8, 4) is 0 Å². The molecular weight excluding hydrogens is 368 g/mol. The minimum atomic E-state index is -0.532. The van der Waals surface area contributed by atoms with Crippen LogP contribution in [0.2, 0.25) is 0 Å². The molecule has 0 saturated heterocycles. The van der Waals surface area contributed by atoms with Crippen LogP contribution in [0.25, 0.3) is 0 Å². The highest BCUT2D eigenvalue weighted by molar-refractivity contribution is 6.06. The van der Waals surface area contributed by atoms with Gasteiger partial charge in [-0.3, -0.25) is 9.59 Å². The third-order valence-electron chi connectivity index (χ3n) is 6.79. The van der Waals surface area contributed by atoms with Gasteiger partial charge < -0.3 is 14.2 Å². The normalized spacial score (nSPS) is 18.4. The van der Waals surface area contributed by atoms with Crippen molar-refractivity contribution in [3.63, 3.8) is 0 Å². The molecule has 0 bridgehead atoms. The Morgan fingerprint density at radius 3 is 2.28 bits per heavy atom. The van der Waals surface area contributed by atoms with Crippen molar-refractivity contribution in [1.29, 1.82) is 0 Å². The summed E-state index contributed by atoms with van der Waals surface area (Å²) in [6.07, 6.45) is 7.79. The van der Waals surface area contributed by atoms with Crippen molar-refractivity contribution in [3.05, 3.63) is 22.5 Å². The average molecular weight is 403 g/mol. The number of hydrogen-bond donors (Lipinski definition) is 0. The van der Waals surface area contributed by atoms with Crippen molar-refractivity contribution < 1.29 is 19.1 Å². The lowest BCUT2D eigenvalue weighted by atomic mass is 9.88. The molecule has 2 fully saturated rings. The molecule has 1 aromatic heterocycles. The molecule has 160 valence electrons. The number of amides is 1. The summed E-state index contributed by atoms with van der Waals surface area (Å²) in [7, 11) is 3.11. The van der Waals surface area contributed by atoms with E-state index in [1.54, 1.807) is 18.5 Å². The van der Waals surface area contributed by atoms with Crippen LogP contribution in [0.15, 0.2) is 0 Å². The number of aromatic nitrogens is 1. The Balaban J connectivity index is 1.89. The lowest BCUT2D eigenvalue weighted by molar-refractivity contribution is -0.134. The van der Waals surface area contributed by atoms with Crippen LogP contribution in [0.4, 0.5) is 0 Å². The Labute approximate surface area is 173 Å². The van der Waals surface area contributed by atoms with E-state index in [0.717, 1.165) is 31.4 Å². The summed E-state index contributed by atoms with van der Waals surface area (Å²) in [4.78, 5) is 40.6. The minimum absolute atomic E-state index is 0.0810. The van der Waals surface area contributed by atoms with Gasteiger partial charge in [0.25, 0.3) is 0 Å². The summed E-state index contributed by atoms with van der Waals surface area (Å²) >= 11 is 0. The molecule has 6 heteroatoms. The Bertz CT molecular complexity index is 800. The maximum atomic E-state index is 13.5. The van der Waals surface area contributed by atoms with Crippen molar-refractivity contribution in [2.45, 2.75) is 71.8 Å². The van der Waals surface area contributed by atoms with Crippen molar-refractivity contribution in [2.75, 3.05) is 13.7 Å². The third kappa shape index (κ3) is 4.26. The van der Waals surface area contributed by atoms with Crippen LogP contribution in [-0.2, 0) is 16.6 Å². The largest absolute Gasteiger partial charge is 0.464 e. The highest BCUT2D eigenvalue weighted by Gasteiger charge is 2.39. The van der Waals surface area contributed by atoms with E-state index in [2.05, 4.69) is 0 Å². The molecule has 0 aliphatic heterocycles. The van der Waals surface area contributed by atoms with Gasteiger partial charge in [-0.2, -0.15) is 0 Å². The van der Waals surface area contributed by atoms with E-state index in [4.69, 9.17) is 4.74 Å². The second-order valence-corrected chi connectivity index (χ2v) is 8.79. The van der Waals surface area contributed by atoms with E-state index < -0.39 is 12.0 Å². The topological polar surface area (TPSA) is 68.6 Å². The highest BCUT2D eigenvalue weighted by Crippen LogP contribution is 2.34. The standard InChI is InChI=1S/C23H34N2O4/c1-14-19(15(2)24(4)20(14)23(28)29-5)21(26)16(3)25(22(27)18-11-12-18)13-17-9-7-6-8-10-17/h16-18H,6-13H2,1-5H3. The highest BCUT2D eigenvalue weighted by atomic mass is 16.5. The second kappa shape index (κ2) is 8.72. The fraction of sp³-hybridized carbons (Fsp3) is 0.696. The predicted molar refractivity (Wildman–Crippen MR) is 111 cm³/mol. The summed E-state index contributed by atoms with van der Waals surface area (Å²) in [5, 5.41) is 0. The third-order valence-corrected chi connectivity index (χ3v) is 6.79. The minimum Gasteiger partial charge on any atom is -0.464 e. The van der Waals surface area contributed by atoms with Crippen LogP contribution in [0, 0.1) is 25.7 Å². The maximum absolute atomic E-state index is 13.5. The number of methoxy groups -OCH3 is 1. The van der Waals surface area contributed by atoms with E-state index in [0.29, 0.717) is 29.3 Å². The van der Waals surface area contributed by atoms with Gasteiger partial charge in [0, 0.05) is 30.8 Å². The predicted octanol–water partition coefficient (Wildman–Crippen LogP) is 3.82. The van der Waals surface area contributed by atoms with Gasteiger partial charge in [-0.1, -0.05) is 19.3 Å². The van der Waals surface area contributed by atoms with Gasteiger partial charge in [0.05, 0.1) is 13.2 Å². The number of esters is 1. The lowest BCUT2D eigenvalue weighted by Gasteiger charge is -2.34. The molecule has 6 nitrogen and oxygen atoms in total. The zero-order chi connectivity index (χ0) is 21.3. The number of rotatable bonds is 7. The van der Waals surface area contributed by atoms with Gasteiger partial charge in [0.2, 0.25) is 5.91 Å². The van der Waals surface area contributed by atoms with Gasteiger partial charge in [-0.25, -0.2) is 4.79 Å². The zero-order valence-electron chi connectivity index (χ0n) is 18.4. The molecular formula is C23H34N2O4. The van der Waals surface area contributed by atoms with Gasteiger partial charge in [0.15, 0.2) is 5.78 Å². The van der Waals surface area contributed by atoms with E-state index >= 15 is 0 Å². The first-order valence-corrected chi connectivity index (χ1v) is 10.9. The molecule has 29 heavy (non-hydrogen) atoms. The molecule has 1 heterocycles. The summed E-state index contributed by atoms with van der Waals surface area (Å²) in [6.45, 7) is 6.13. The van der Waals surface area contributed by atoms with Crippen molar-refractivity contribution >= 4 is 17.7 Å². The van der Waals surface area contributed by atoms with Crippen molar-refractivity contribution in [1.82, 2.24) is 9.47 Å². The number of Topliss-reactive ketones (excluding diaryl/α,β-unsaturated/α-hetero) is 1. The zero-order valence-corrected chi connectivity index (χ0v) is 18.4. The van der Waals surface area contributed by atoms with Crippen LogP contribution in [0.3, 0.4) is 0 Å². The van der Waals surface area contributed by atoms with E-state index in [9.17, 15) is 14.4 Å². The molecule has 0 radical (unpaired) electrons. The molecule has 1 amide bonds. The fourth-order valence-corrected chi connectivity index (χ4v) is 4.73. The Hall–Kier alpha value is -2.11. The maximum Gasteiger partial charge on any atom is 0.354 e. The lowest BCUT2D eigenvalue weighted by Crippen LogP contribution is -2.47. The number of nitrogens with zero attached hydrogens (tertiary/aromatic N) is 2. The molecule has 0 aromatic carbocycles. The molecule has 0 N–H and O–H groups in total. The van der Waals surface area contributed by atoms with Gasteiger partial charge >= 0.3 is 5.97 Å². The second-order valence-electron chi connectivity index (χ2n) is 8.79. The number of carbonyl (C=O) groups is 3. The first-order chi connectivity index (χ1) is 13.8. The summed E-state index contributed by atoms with van der Waals surface area (Å²) in [5.74, 6) is 0.141. The molecule has 3 rings (SSSR count). The first kappa shape index (κ1) is 21.6. The Morgan fingerprint density at radius 1 is 1.10 bits per heavy atom. The molecule has 2 saturated carbocycles. The van der Waals surface area contributed by atoms with Crippen LogP contribution in [-0.4, -0.2) is 46.8 Å². The number of ketones is 1. The molecule has 1 unspecified atom stereocenters. The number of carbonyl (C=O) groups excluding carboxylic acids is 3. The summed E-state index contributed by atoms with van der Waals surface area (Å²) in [6, 6.07) is -0.532. The summed E-state index contributed by atoms with van der Waals surface area (Å²) in [5.41, 5.74) is 2.30. The van der Waals surface area contributed by atoms with E-state index in [1.165, 1.54) is 26.4 Å². The van der Waals surface area contributed by atoms with Gasteiger partial charge in [-0.05, 0) is 57.9 Å². The SMILES string of the molecule is COC(=O)c1c(C)c(C(=O)C(C)N(CC2CCCCC2)C(=O)C2CC2)c(C)n1C. The molecule has 1 aromatic rings. The molecule has 0 spiro atoms. The van der Waals surface area contributed by atoms with E-state index in [1.807, 2.05) is 18.7 Å². The van der Waals surface area contributed by atoms with Gasteiger partial charge in [-0.15, -0.1) is 0 Å². The first-order valence-electron chi connectivity index (χ1n) is 10.9. The quantitative estimate of drug-likeness (QED) is 0.514. The van der Waals surface area contributed by atoms with E-state index in [-0.39, 0.29) is 17.6 Å². The summed E-state index contributed by atoms with van der Waals surface area (Å²) < 4.78 is 6.61.